The standard InChI is InChI=1S/C11H15BrO2S/c1-4-14-11(13)10-8(5-7(2)3)6-9(12)15-10/h6-7H,4-5H2,1-3H3. The van der Waals surface area contributed by atoms with Crippen LogP contribution in [0, 0.1) is 5.92 Å². The molecule has 2 nitrogen and oxygen atoms in total. The molecule has 0 bridgehead atoms. The molecule has 84 valence electrons. The van der Waals surface area contributed by atoms with Crippen molar-refractivity contribution in [1.29, 1.82) is 0 Å². The Hall–Kier alpha value is -0.350. The van der Waals surface area contributed by atoms with Crippen molar-refractivity contribution in [2.75, 3.05) is 6.61 Å². The fourth-order valence-electron chi connectivity index (χ4n) is 1.36. The fourth-order valence-corrected chi connectivity index (χ4v) is 2.93. The van der Waals surface area contributed by atoms with Gasteiger partial charge in [0.2, 0.25) is 0 Å². The number of esters is 1. The molecule has 1 heterocycles. The van der Waals surface area contributed by atoms with Crippen LogP contribution >= 0.6 is 27.3 Å². The van der Waals surface area contributed by atoms with Gasteiger partial charge in [-0.2, -0.15) is 0 Å². The van der Waals surface area contributed by atoms with Gasteiger partial charge in [-0.15, -0.1) is 11.3 Å². The van der Waals surface area contributed by atoms with E-state index < -0.39 is 0 Å². The van der Waals surface area contributed by atoms with Crippen LogP contribution in [-0.4, -0.2) is 12.6 Å². The average molecular weight is 291 g/mol. The predicted molar refractivity (Wildman–Crippen MR) is 66.5 cm³/mol. The Morgan fingerprint density at radius 3 is 2.80 bits per heavy atom. The monoisotopic (exact) mass is 290 g/mol. The fraction of sp³-hybridized carbons (Fsp3) is 0.545. The largest absolute Gasteiger partial charge is 0.462 e. The lowest BCUT2D eigenvalue weighted by Crippen LogP contribution is -2.06. The topological polar surface area (TPSA) is 26.3 Å². The van der Waals surface area contributed by atoms with Gasteiger partial charge < -0.3 is 4.74 Å². The molecule has 1 aromatic rings. The van der Waals surface area contributed by atoms with Crippen LogP contribution in [0.15, 0.2) is 9.85 Å². The summed E-state index contributed by atoms with van der Waals surface area (Å²) in [7, 11) is 0. The molecule has 0 fully saturated rings. The van der Waals surface area contributed by atoms with Gasteiger partial charge in [-0.3, -0.25) is 0 Å². The molecule has 0 aromatic carbocycles. The minimum absolute atomic E-state index is 0.205. The number of rotatable bonds is 4. The first-order valence-electron chi connectivity index (χ1n) is 5.00. The van der Waals surface area contributed by atoms with Gasteiger partial charge in [0, 0.05) is 0 Å². The molecule has 0 aliphatic carbocycles. The van der Waals surface area contributed by atoms with E-state index in [1.54, 1.807) is 0 Å². The Morgan fingerprint density at radius 1 is 1.60 bits per heavy atom. The SMILES string of the molecule is CCOC(=O)c1sc(Br)cc1CC(C)C. The van der Waals surface area contributed by atoms with Gasteiger partial charge in [0.1, 0.15) is 4.88 Å². The van der Waals surface area contributed by atoms with Gasteiger partial charge in [0.15, 0.2) is 0 Å². The molecule has 0 radical (unpaired) electrons. The molecule has 0 saturated carbocycles. The Labute approximate surface area is 103 Å². The molecule has 15 heavy (non-hydrogen) atoms. The number of carbonyl (C=O) groups is 1. The van der Waals surface area contributed by atoms with E-state index >= 15 is 0 Å². The highest BCUT2D eigenvalue weighted by Crippen LogP contribution is 2.29. The number of ether oxygens (including phenoxy) is 1. The van der Waals surface area contributed by atoms with E-state index in [2.05, 4.69) is 29.8 Å². The molecule has 4 heteroatoms. The summed E-state index contributed by atoms with van der Waals surface area (Å²) < 4.78 is 6.00. The van der Waals surface area contributed by atoms with Crippen molar-refractivity contribution in [3.8, 4) is 0 Å². The van der Waals surface area contributed by atoms with E-state index in [1.807, 2.05) is 13.0 Å². The Bertz CT molecular complexity index is 344. The molecular formula is C11H15BrO2S. The van der Waals surface area contributed by atoms with Crippen LogP contribution in [0.2, 0.25) is 0 Å². The molecule has 1 rings (SSSR count). The van der Waals surface area contributed by atoms with Crippen molar-refractivity contribution in [3.05, 3.63) is 20.3 Å². The maximum Gasteiger partial charge on any atom is 0.348 e. The summed E-state index contributed by atoms with van der Waals surface area (Å²) in [6.45, 7) is 6.53. The molecule has 1 aromatic heterocycles. The predicted octanol–water partition coefficient (Wildman–Crippen LogP) is 3.89. The Balaban J connectivity index is 2.90. The summed E-state index contributed by atoms with van der Waals surface area (Å²) in [6, 6.07) is 2.01. The molecule has 0 unspecified atom stereocenters. The van der Waals surface area contributed by atoms with Crippen molar-refractivity contribution in [2.24, 2.45) is 5.92 Å². The number of hydrogen-bond donors (Lipinski definition) is 0. The second kappa shape index (κ2) is 5.66. The molecule has 0 aliphatic rings. The molecule has 0 spiro atoms. The molecule has 0 N–H and O–H groups in total. The van der Waals surface area contributed by atoms with Gasteiger partial charge >= 0.3 is 5.97 Å². The third kappa shape index (κ3) is 3.61. The maximum atomic E-state index is 11.6. The third-order valence-electron chi connectivity index (χ3n) is 1.87. The summed E-state index contributed by atoms with van der Waals surface area (Å²) in [6.07, 6.45) is 0.913. The first-order valence-corrected chi connectivity index (χ1v) is 6.60. The minimum atomic E-state index is -0.205. The maximum absolute atomic E-state index is 11.6. The molecule has 0 atom stereocenters. The quantitative estimate of drug-likeness (QED) is 0.787. The highest BCUT2D eigenvalue weighted by Gasteiger charge is 2.17. The van der Waals surface area contributed by atoms with Crippen molar-refractivity contribution < 1.29 is 9.53 Å². The second-order valence-electron chi connectivity index (χ2n) is 3.72. The summed E-state index contributed by atoms with van der Waals surface area (Å²) in [4.78, 5) is 12.4. The second-order valence-corrected chi connectivity index (χ2v) is 6.15. The number of thiophene rings is 1. The van der Waals surface area contributed by atoms with Crippen LogP contribution < -0.4 is 0 Å². The van der Waals surface area contributed by atoms with Gasteiger partial charge in [0.05, 0.1) is 10.4 Å². The van der Waals surface area contributed by atoms with Gasteiger partial charge in [-0.1, -0.05) is 13.8 Å². The lowest BCUT2D eigenvalue weighted by Gasteiger charge is -2.05. The summed E-state index contributed by atoms with van der Waals surface area (Å²) in [5.74, 6) is 0.337. The first kappa shape index (κ1) is 12.7. The van der Waals surface area contributed by atoms with Crippen LogP contribution in [-0.2, 0) is 11.2 Å². The summed E-state index contributed by atoms with van der Waals surface area (Å²) >= 11 is 4.85. The Kier molecular flexibility index (Phi) is 4.80. The van der Waals surface area contributed by atoms with E-state index in [4.69, 9.17) is 4.74 Å². The lowest BCUT2D eigenvalue weighted by molar-refractivity contribution is 0.0531. The van der Waals surface area contributed by atoms with E-state index in [1.165, 1.54) is 11.3 Å². The smallest absolute Gasteiger partial charge is 0.348 e. The van der Waals surface area contributed by atoms with E-state index in [0.717, 1.165) is 20.6 Å². The third-order valence-corrected chi connectivity index (χ3v) is 3.53. The number of halogens is 1. The zero-order valence-corrected chi connectivity index (χ0v) is 11.6. The van der Waals surface area contributed by atoms with E-state index in [-0.39, 0.29) is 5.97 Å². The molecule has 0 amide bonds. The average Bonchev–Trinajstić information content (AvgIpc) is 2.46. The molecular weight excluding hydrogens is 276 g/mol. The van der Waals surface area contributed by atoms with Crippen LogP contribution in [0.25, 0.3) is 0 Å². The van der Waals surface area contributed by atoms with Gasteiger partial charge in [-0.25, -0.2) is 4.79 Å². The molecule has 0 aliphatic heterocycles. The van der Waals surface area contributed by atoms with Crippen LogP contribution in [0.5, 0.6) is 0 Å². The first-order chi connectivity index (χ1) is 7.04. The summed E-state index contributed by atoms with van der Waals surface area (Å²) in [5, 5.41) is 0. The van der Waals surface area contributed by atoms with Crippen molar-refractivity contribution >= 4 is 33.2 Å². The van der Waals surface area contributed by atoms with Crippen LogP contribution in [0.3, 0.4) is 0 Å². The molecule has 0 saturated heterocycles. The lowest BCUT2D eigenvalue weighted by atomic mass is 10.0. The van der Waals surface area contributed by atoms with Gasteiger partial charge in [0.25, 0.3) is 0 Å². The highest BCUT2D eigenvalue weighted by molar-refractivity contribution is 9.11. The zero-order valence-electron chi connectivity index (χ0n) is 9.17. The normalized spacial score (nSPS) is 10.7. The minimum Gasteiger partial charge on any atom is -0.462 e. The Morgan fingerprint density at radius 2 is 2.27 bits per heavy atom. The van der Waals surface area contributed by atoms with Crippen molar-refractivity contribution in [2.45, 2.75) is 27.2 Å². The number of hydrogen-bond acceptors (Lipinski definition) is 3. The van der Waals surface area contributed by atoms with Crippen molar-refractivity contribution in [3.63, 3.8) is 0 Å². The van der Waals surface area contributed by atoms with E-state index in [0.29, 0.717) is 12.5 Å². The number of carbonyl (C=O) groups excluding carboxylic acids is 1. The van der Waals surface area contributed by atoms with Crippen LogP contribution in [0.4, 0.5) is 0 Å². The van der Waals surface area contributed by atoms with Gasteiger partial charge in [-0.05, 0) is 46.8 Å². The van der Waals surface area contributed by atoms with Crippen molar-refractivity contribution in [1.82, 2.24) is 0 Å². The van der Waals surface area contributed by atoms with E-state index in [9.17, 15) is 4.79 Å². The summed E-state index contributed by atoms with van der Waals surface area (Å²) in [5.41, 5.74) is 1.08. The van der Waals surface area contributed by atoms with Crippen LogP contribution in [0.1, 0.15) is 36.0 Å². The highest BCUT2D eigenvalue weighted by atomic mass is 79.9. The zero-order chi connectivity index (χ0) is 11.4.